The van der Waals surface area contributed by atoms with Crippen molar-refractivity contribution in [3.8, 4) is 5.69 Å². The minimum Gasteiger partial charge on any atom is -0.338 e. The maximum atomic E-state index is 13.1. The Balaban J connectivity index is 1.36. The first-order chi connectivity index (χ1) is 15.1. The van der Waals surface area contributed by atoms with Gasteiger partial charge >= 0.3 is 0 Å². The van der Waals surface area contributed by atoms with E-state index in [9.17, 15) is 9.59 Å². The van der Waals surface area contributed by atoms with E-state index in [1.54, 1.807) is 22.4 Å². The molecule has 0 saturated heterocycles. The highest BCUT2D eigenvalue weighted by molar-refractivity contribution is 5.77. The molecule has 7 nitrogen and oxygen atoms in total. The zero-order chi connectivity index (χ0) is 21.4. The molecule has 0 bridgehead atoms. The van der Waals surface area contributed by atoms with Crippen molar-refractivity contribution in [3.63, 3.8) is 0 Å². The molecule has 4 aromatic rings. The largest absolute Gasteiger partial charge is 0.338 e. The van der Waals surface area contributed by atoms with Crippen LogP contribution in [0.2, 0.25) is 0 Å². The van der Waals surface area contributed by atoms with Gasteiger partial charge in [-0.15, -0.1) is 0 Å². The molecule has 7 heteroatoms. The molecule has 1 aliphatic rings. The van der Waals surface area contributed by atoms with E-state index in [0.717, 1.165) is 12.1 Å². The maximum absolute atomic E-state index is 13.1. The number of benzene rings is 2. The van der Waals surface area contributed by atoms with Gasteiger partial charge in [0.15, 0.2) is 5.65 Å². The van der Waals surface area contributed by atoms with E-state index in [2.05, 4.69) is 22.2 Å². The fourth-order valence-corrected chi connectivity index (χ4v) is 4.20. The molecule has 0 aliphatic carbocycles. The molecular weight excluding hydrogens is 390 g/mol. The topological polar surface area (TPSA) is 73.0 Å². The van der Waals surface area contributed by atoms with Crippen LogP contribution in [0.25, 0.3) is 16.7 Å². The predicted molar refractivity (Wildman–Crippen MR) is 118 cm³/mol. The van der Waals surface area contributed by atoms with Gasteiger partial charge in [-0.3, -0.25) is 14.2 Å². The molecule has 0 saturated carbocycles. The van der Waals surface area contributed by atoms with Crippen LogP contribution in [0.1, 0.15) is 23.4 Å². The molecule has 156 valence electrons. The van der Waals surface area contributed by atoms with E-state index in [1.165, 1.54) is 11.1 Å². The Morgan fingerprint density at radius 2 is 1.77 bits per heavy atom. The lowest BCUT2D eigenvalue weighted by molar-refractivity contribution is -0.132. The minimum atomic E-state index is -0.165. The van der Waals surface area contributed by atoms with Gasteiger partial charge in [-0.25, -0.2) is 9.67 Å². The summed E-state index contributed by atoms with van der Waals surface area (Å²) in [6, 6.07) is 17.8. The first kappa shape index (κ1) is 19.2. The van der Waals surface area contributed by atoms with Crippen LogP contribution in [0.5, 0.6) is 0 Å². The second kappa shape index (κ2) is 7.83. The molecule has 1 amide bonds. The molecule has 31 heavy (non-hydrogen) atoms. The van der Waals surface area contributed by atoms with Gasteiger partial charge in [0.05, 0.1) is 11.9 Å². The summed E-state index contributed by atoms with van der Waals surface area (Å²) in [6.07, 6.45) is 2.69. The Hall–Kier alpha value is -3.74. The first-order valence-corrected chi connectivity index (χ1v) is 10.5. The summed E-state index contributed by atoms with van der Waals surface area (Å²) in [5, 5.41) is 4.82. The van der Waals surface area contributed by atoms with E-state index in [1.807, 2.05) is 47.4 Å². The van der Waals surface area contributed by atoms with Gasteiger partial charge in [-0.05, 0) is 36.6 Å². The molecule has 5 rings (SSSR count). The minimum absolute atomic E-state index is 0.0564. The summed E-state index contributed by atoms with van der Waals surface area (Å²) in [5.74, 6) is 0.632. The number of rotatable bonds is 4. The van der Waals surface area contributed by atoms with Gasteiger partial charge in [0.1, 0.15) is 11.2 Å². The highest BCUT2D eigenvalue weighted by Gasteiger charge is 2.21. The monoisotopic (exact) mass is 413 g/mol. The van der Waals surface area contributed by atoms with Crippen molar-refractivity contribution in [2.75, 3.05) is 6.54 Å². The van der Waals surface area contributed by atoms with Crippen molar-refractivity contribution >= 4 is 16.9 Å². The second-order valence-electron chi connectivity index (χ2n) is 7.83. The highest BCUT2D eigenvalue weighted by atomic mass is 16.2. The summed E-state index contributed by atoms with van der Waals surface area (Å²) in [6.45, 7) is 3.45. The quantitative estimate of drug-likeness (QED) is 0.516. The fraction of sp³-hybridized carbons (Fsp3) is 0.250. The second-order valence-corrected chi connectivity index (χ2v) is 7.83. The van der Waals surface area contributed by atoms with Crippen LogP contribution >= 0.6 is 0 Å². The lowest BCUT2D eigenvalue weighted by atomic mass is 10.00. The average Bonchev–Trinajstić information content (AvgIpc) is 3.23. The number of hydrogen-bond donors (Lipinski definition) is 0. The molecule has 0 fully saturated rings. The molecule has 0 unspecified atom stereocenters. The zero-order valence-electron chi connectivity index (χ0n) is 17.4. The third kappa shape index (κ3) is 3.52. The first-order valence-electron chi connectivity index (χ1n) is 10.5. The molecule has 0 N–H and O–H groups in total. The van der Waals surface area contributed by atoms with E-state index in [4.69, 9.17) is 0 Å². The Bertz CT molecular complexity index is 1320. The van der Waals surface area contributed by atoms with Gasteiger partial charge in [-0.1, -0.05) is 42.5 Å². The van der Waals surface area contributed by atoms with Crippen LogP contribution in [0.4, 0.5) is 0 Å². The number of para-hydroxylation sites is 1. The number of amides is 1. The van der Waals surface area contributed by atoms with E-state index in [-0.39, 0.29) is 17.9 Å². The SMILES string of the molecule is Cc1nc2c(cnn2-c2ccccc2)c(=O)n1CCC(=O)N1CCc2ccccc2C1. The number of carbonyl (C=O) groups excluding carboxylic acids is 1. The third-order valence-corrected chi connectivity index (χ3v) is 5.91. The number of fused-ring (bicyclic) bond motifs is 2. The smallest absolute Gasteiger partial charge is 0.264 e. The van der Waals surface area contributed by atoms with Gasteiger partial charge in [0.25, 0.3) is 5.56 Å². The predicted octanol–water partition coefficient (Wildman–Crippen LogP) is 2.87. The normalized spacial score (nSPS) is 13.4. The highest BCUT2D eigenvalue weighted by Crippen LogP contribution is 2.19. The molecule has 2 aromatic carbocycles. The molecule has 0 radical (unpaired) electrons. The van der Waals surface area contributed by atoms with Crippen LogP contribution < -0.4 is 5.56 Å². The summed E-state index contributed by atoms with van der Waals surface area (Å²) in [7, 11) is 0. The summed E-state index contributed by atoms with van der Waals surface area (Å²) >= 11 is 0. The molecule has 3 heterocycles. The number of nitrogens with zero attached hydrogens (tertiary/aromatic N) is 5. The standard InChI is InChI=1S/C24H23N5O2/c1-17-26-23-21(15-25-29(23)20-9-3-2-4-10-20)24(31)28(17)14-12-22(30)27-13-11-18-7-5-6-8-19(18)16-27/h2-10,15H,11-14,16H2,1H3. The summed E-state index contributed by atoms with van der Waals surface area (Å²) in [5.41, 5.74) is 3.73. The van der Waals surface area contributed by atoms with Gasteiger partial charge in [0, 0.05) is 26.1 Å². The van der Waals surface area contributed by atoms with Crippen LogP contribution in [0.3, 0.4) is 0 Å². The molecule has 0 atom stereocenters. The van der Waals surface area contributed by atoms with Gasteiger partial charge in [0.2, 0.25) is 5.91 Å². The van der Waals surface area contributed by atoms with E-state index >= 15 is 0 Å². The van der Waals surface area contributed by atoms with E-state index in [0.29, 0.717) is 36.5 Å². The maximum Gasteiger partial charge on any atom is 0.264 e. The Morgan fingerprint density at radius 1 is 1.03 bits per heavy atom. The van der Waals surface area contributed by atoms with Crippen LogP contribution in [0.15, 0.2) is 65.6 Å². The van der Waals surface area contributed by atoms with Crippen molar-refractivity contribution in [2.24, 2.45) is 0 Å². The van der Waals surface area contributed by atoms with Crippen molar-refractivity contribution in [1.82, 2.24) is 24.2 Å². The molecule has 1 aliphatic heterocycles. The number of hydrogen-bond acceptors (Lipinski definition) is 4. The van der Waals surface area contributed by atoms with E-state index < -0.39 is 0 Å². The third-order valence-electron chi connectivity index (χ3n) is 5.91. The van der Waals surface area contributed by atoms with Crippen molar-refractivity contribution in [2.45, 2.75) is 32.9 Å². The summed E-state index contributed by atoms with van der Waals surface area (Å²) in [4.78, 5) is 32.4. The lowest BCUT2D eigenvalue weighted by Gasteiger charge is -2.29. The van der Waals surface area contributed by atoms with Gasteiger partial charge in [-0.2, -0.15) is 5.10 Å². The van der Waals surface area contributed by atoms with Crippen LogP contribution in [-0.2, 0) is 24.3 Å². The van der Waals surface area contributed by atoms with Crippen LogP contribution in [-0.4, -0.2) is 36.7 Å². The average molecular weight is 413 g/mol. The number of aromatic nitrogens is 4. The lowest BCUT2D eigenvalue weighted by Crippen LogP contribution is -2.37. The summed E-state index contributed by atoms with van der Waals surface area (Å²) < 4.78 is 3.25. The van der Waals surface area contributed by atoms with Crippen molar-refractivity contribution in [3.05, 3.63) is 88.1 Å². The molecule has 0 spiro atoms. The Labute approximate surface area is 179 Å². The van der Waals surface area contributed by atoms with Gasteiger partial charge < -0.3 is 4.90 Å². The Morgan fingerprint density at radius 3 is 2.58 bits per heavy atom. The zero-order valence-corrected chi connectivity index (χ0v) is 17.4. The van der Waals surface area contributed by atoms with Crippen LogP contribution in [0, 0.1) is 6.92 Å². The van der Waals surface area contributed by atoms with Crippen molar-refractivity contribution in [1.29, 1.82) is 0 Å². The Kier molecular flexibility index (Phi) is 4.86. The number of aryl methyl sites for hydroxylation is 1. The number of carbonyl (C=O) groups is 1. The molecule has 2 aromatic heterocycles. The molecular formula is C24H23N5O2. The van der Waals surface area contributed by atoms with Crippen molar-refractivity contribution < 1.29 is 4.79 Å². The fourth-order valence-electron chi connectivity index (χ4n) is 4.20.